The van der Waals surface area contributed by atoms with Crippen molar-refractivity contribution in [2.24, 2.45) is 0 Å². The molecule has 3 nitrogen and oxygen atoms in total. The van der Waals surface area contributed by atoms with Crippen molar-refractivity contribution in [3.05, 3.63) is 63.6 Å². The van der Waals surface area contributed by atoms with E-state index in [9.17, 15) is 4.79 Å². The number of carbonyl (C=O) groups excluding carboxylic acids is 1. The summed E-state index contributed by atoms with van der Waals surface area (Å²) in [5.41, 5.74) is 1.66. The van der Waals surface area contributed by atoms with Crippen LogP contribution in [0.1, 0.15) is 22.8 Å². The minimum absolute atomic E-state index is 0.0393. The summed E-state index contributed by atoms with van der Waals surface area (Å²) in [7, 11) is 0. The Kier molecular flexibility index (Phi) is 7.43. The highest BCUT2D eigenvalue weighted by Crippen LogP contribution is 2.32. The number of aliphatic hydroxyl groups excluding tert-OH is 1. The van der Waals surface area contributed by atoms with Gasteiger partial charge in [0.1, 0.15) is 0 Å². The second-order valence-electron chi connectivity index (χ2n) is 5.17. The first-order valence-corrected chi connectivity index (χ1v) is 9.36. The second kappa shape index (κ2) is 9.33. The molecule has 2 aromatic rings. The fourth-order valence-corrected chi connectivity index (χ4v) is 3.69. The van der Waals surface area contributed by atoms with Crippen LogP contribution in [0, 0.1) is 0 Å². The van der Waals surface area contributed by atoms with Crippen molar-refractivity contribution < 1.29 is 9.90 Å². The van der Waals surface area contributed by atoms with Gasteiger partial charge < -0.3 is 10.0 Å². The number of nitrogens with zero attached hydrogens (tertiary/aromatic N) is 1. The Balaban J connectivity index is 2.10. The van der Waals surface area contributed by atoms with E-state index in [1.807, 2.05) is 31.2 Å². The van der Waals surface area contributed by atoms with Crippen LogP contribution >= 0.6 is 35.0 Å². The quantitative estimate of drug-likeness (QED) is 0.701. The Morgan fingerprint density at radius 1 is 1.21 bits per heavy atom. The molecule has 0 heterocycles. The lowest BCUT2D eigenvalue weighted by atomic mass is 10.1. The topological polar surface area (TPSA) is 40.5 Å². The van der Waals surface area contributed by atoms with Gasteiger partial charge in [0.25, 0.3) is 5.91 Å². The van der Waals surface area contributed by atoms with E-state index < -0.39 is 0 Å². The number of benzene rings is 2. The van der Waals surface area contributed by atoms with Crippen molar-refractivity contribution in [3.63, 3.8) is 0 Å². The van der Waals surface area contributed by atoms with Crippen molar-refractivity contribution in [2.75, 3.05) is 19.7 Å². The molecular weight excluding hydrogens is 365 g/mol. The summed E-state index contributed by atoms with van der Waals surface area (Å²) in [4.78, 5) is 15.0. The summed E-state index contributed by atoms with van der Waals surface area (Å²) in [5.74, 6) is 0.618. The minimum Gasteiger partial charge on any atom is -0.395 e. The maximum absolute atomic E-state index is 12.5. The van der Waals surface area contributed by atoms with Gasteiger partial charge in [-0.05, 0) is 42.8 Å². The fourth-order valence-electron chi connectivity index (χ4n) is 2.25. The van der Waals surface area contributed by atoms with Crippen LogP contribution in [0.2, 0.25) is 10.0 Å². The number of hydrogen-bond donors (Lipinski definition) is 1. The van der Waals surface area contributed by atoms with E-state index in [0.29, 0.717) is 34.5 Å². The molecule has 0 unspecified atom stereocenters. The maximum Gasteiger partial charge on any atom is 0.253 e. The lowest BCUT2D eigenvalue weighted by Gasteiger charge is -2.20. The summed E-state index contributed by atoms with van der Waals surface area (Å²) in [6.45, 7) is 2.76. The van der Waals surface area contributed by atoms with Gasteiger partial charge in [0.2, 0.25) is 0 Å². The van der Waals surface area contributed by atoms with Gasteiger partial charge in [-0.25, -0.2) is 0 Å². The number of rotatable bonds is 7. The van der Waals surface area contributed by atoms with Crippen LogP contribution in [-0.2, 0) is 5.75 Å². The summed E-state index contributed by atoms with van der Waals surface area (Å²) in [5, 5.41) is 10.4. The molecule has 0 fully saturated rings. The smallest absolute Gasteiger partial charge is 0.253 e. The predicted octanol–water partition coefficient (Wildman–Crippen LogP) is 4.74. The zero-order chi connectivity index (χ0) is 17.5. The van der Waals surface area contributed by atoms with Gasteiger partial charge in [-0.1, -0.05) is 35.3 Å². The molecular formula is C18H19Cl2NO2S. The molecule has 0 saturated heterocycles. The molecule has 0 radical (unpaired) electrons. The van der Waals surface area contributed by atoms with Crippen LogP contribution in [-0.4, -0.2) is 35.6 Å². The first kappa shape index (κ1) is 19.1. The van der Waals surface area contributed by atoms with Crippen LogP contribution < -0.4 is 0 Å². The van der Waals surface area contributed by atoms with Gasteiger partial charge in [0.15, 0.2) is 0 Å². The van der Waals surface area contributed by atoms with Gasteiger partial charge in [0.05, 0.1) is 11.6 Å². The number of amides is 1. The van der Waals surface area contributed by atoms with E-state index in [0.717, 1.165) is 10.5 Å². The highest BCUT2D eigenvalue weighted by Gasteiger charge is 2.14. The molecule has 128 valence electrons. The molecule has 0 saturated carbocycles. The zero-order valence-corrected chi connectivity index (χ0v) is 15.7. The van der Waals surface area contributed by atoms with Gasteiger partial charge in [-0.2, -0.15) is 0 Å². The second-order valence-corrected chi connectivity index (χ2v) is 7.03. The van der Waals surface area contributed by atoms with E-state index in [1.165, 1.54) is 0 Å². The van der Waals surface area contributed by atoms with Gasteiger partial charge in [-0.15, -0.1) is 11.8 Å². The molecule has 0 bridgehead atoms. The number of thioether (sulfide) groups is 1. The maximum atomic E-state index is 12.5. The van der Waals surface area contributed by atoms with E-state index in [2.05, 4.69) is 0 Å². The first-order valence-electron chi connectivity index (χ1n) is 7.62. The molecule has 24 heavy (non-hydrogen) atoms. The molecule has 0 aliphatic rings. The normalized spacial score (nSPS) is 10.7. The molecule has 0 spiro atoms. The molecule has 6 heteroatoms. The molecule has 0 atom stereocenters. The largest absolute Gasteiger partial charge is 0.395 e. The van der Waals surface area contributed by atoms with Crippen LogP contribution in [0.3, 0.4) is 0 Å². The Morgan fingerprint density at radius 3 is 2.71 bits per heavy atom. The number of carbonyl (C=O) groups is 1. The van der Waals surface area contributed by atoms with Gasteiger partial charge >= 0.3 is 0 Å². The molecule has 0 aromatic heterocycles. The van der Waals surface area contributed by atoms with Crippen molar-refractivity contribution in [1.82, 2.24) is 4.90 Å². The Labute approximate surface area is 156 Å². The number of aliphatic hydroxyl groups is 1. The third-order valence-corrected chi connectivity index (χ3v) is 5.30. The van der Waals surface area contributed by atoms with Crippen molar-refractivity contribution in [2.45, 2.75) is 17.6 Å². The Bertz CT molecular complexity index is 709. The number of likely N-dealkylation sites (N-methyl/N-ethyl adjacent to an activating group) is 1. The van der Waals surface area contributed by atoms with Crippen molar-refractivity contribution in [3.8, 4) is 0 Å². The molecule has 0 aliphatic heterocycles. The SMILES string of the molecule is CCN(CCO)C(=O)c1cccc(CSc2cc(Cl)ccc2Cl)c1. The monoisotopic (exact) mass is 383 g/mol. The van der Waals surface area contributed by atoms with E-state index in [-0.39, 0.29) is 12.5 Å². The summed E-state index contributed by atoms with van der Waals surface area (Å²) < 4.78 is 0. The van der Waals surface area contributed by atoms with E-state index >= 15 is 0 Å². The van der Waals surface area contributed by atoms with Crippen LogP contribution in [0.5, 0.6) is 0 Å². The third kappa shape index (κ3) is 5.15. The lowest BCUT2D eigenvalue weighted by Crippen LogP contribution is -2.33. The Morgan fingerprint density at radius 2 is 2.00 bits per heavy atom. The lowest BCUT2D eigenvalue weighted by molar-refractivity contribution is 0.0732. The highest BCUT2D eigenvalue weighted by atomic mass is 35.5. The van der Waals surface area contributed by atoms with E-state index in [1.54, 1.807) is 34.9 Å². The van der Waals surface area contributed by atoms with Gasteiger partial charge in [0, 0.05) is 34.3 Å². The van der Waals surface area contributed by atoms with Crippen LogP contribution in [0.25, 0.3) is 0 Å². The molecule has 1 amide bonds. The van der Waals surface area contributed by atoms with Crippen molar-refractivity contribution >= 4 is 40.9 Å². The minimum atomic E-state index is -0.0702. The Hall–Kier alpha value is -1.20. The predicted molar refractivity (Wildman–Crippen MR) is 101 cm³/mol. The zero-order valence-electron chi connectivity index (χ0n) is 13.3. The van der Waals surface area contributed by atoms with Crippen LogP contribution in [0.15, 0.2) is 47.4 Å². The molecule has 2 aromatic carbocycles. The standard InChI is InChI=1S/C18H19Cl2NO2S/c1-2-21(8-9-22)18(23)14-5-3-4-13(10-14)12-24-17-11-15(19)6-7-16(17)20/h3-7,10-11,22H,2,8-9,12H2,1H3. The first-order chi connectivity index (χ1) is 11.5. The average Bonchev–Trinajstić information content (AvgIpc) is 2.60. The number of hydrogen-bond acceptors (Lipinski definition) is 3. The molecule has 2 rings (SSSR count). The average molecular weight is 384 g/mol. The summed E-state index contributed by atoms with van der Waals surface area (Å²) >= 11 is 13.8. The third-order valence-electron chi connectivity index (χ3n) is 3.50. The van der Waals surface area contributed by atoms with Crippen LogP contribution in [0.4, 0.5) is 0 Å². The summed E-state index contributed by atoms with van der Waals surface area (Å²) in [6, 6.07) is 12.9. The van der Waals surface area contributed by atoms with E-state index in [4.69, 9.17) is 28.3 Å². The van der Waals surface area contributed by atoms with Gasteiger partial charge in [-0.3, -0.25) is 4.79 Å². The highest BCUT2D eigenvalue weighted by molar-refractivity contribution is 7.98. The molecule has 1 N–H and O–H groups in total. The molecule has 0 aliphatic carbocycles. The summed E-state index contributed by atoms with van der Waals surface area (Å²) in [6.07, 6.45) is 0. The number of halogens is 2. The fraction of sp³-hybridized carbons (Fsp3) is 0.278. The van der Waals surface area contributed by atoms with Crippen molar-refractivity contribution in [1.29, 1.82) is 0 Å².